The van der Waals surface area contributed by atoms with Crippen LogP contribution in [0.2, 0.25) is 0 Å². The molecular formula is C18H16BrNO3. The monoisotopic (exact) mass is 373 g/mol. The lowest BCUT2D eigenvalue weighted by molar-refractivity contribution is -0.143. The number of hydrogen-bond donors (Lipinski definition) is 1. The molecule has 2 aromatic carbocycles. The number of esters is 1. The van der Waals surface area contributed by atoms with Gasteiger partial charge in [0, 0.05) is 17.1 Å². The number of hydrogen-bond acceptors (Lipinski definition) is 3. The van der Waals surface area contributed by atoms with Crippen molar-refractivity contribution in [2.24, 2.45) is 0 Å². The Morgan fingerprint density at radius 1 is 1.09 bits per heavy atom. The normalized spacial score (nSPS) is 10.5. The summed E-state index contributed by atoms with van der Waals surface area (Å²) in [5.41, 5.74) is 1.85. The van der Waals surface area contributed by atoms with Gasteiger partial charge in [0.2, 0.25) is 0 Å². The van der Waals surface area contributed by atoms with Gasteiger partial charge < -0.3 is 10.1 Å². The Bertz CT molecular complexity index is 698. The van der Waals surface area contributed by atoms with E-state index in [0.717, 1.165) is 15.6 Å². The molecule has 0 atom stereocenters. The summed E-state index contributed by atoms with van der Waals surface area (Å²) in [4.78, 5) is 23.2. The third-order valence-corrected chi connectivity index (χ3v) is 3.43. The zero-order valence-electron chi connectivity index (χ0n) is 12.4. The lowest BCUT2D eigenvalue weighted by Gasteiger charge is -2.05. The maximum atomic E-state index is 11.6. The molecule has 0 heterocycles. The summed E-state index contributed by atoms with van der Waals surface area (Å²) in [6.45, 7) is 0.111. The maximum absolute atomic E-state index is 11.6. The molecular weight excluding hydrogens is 358 g/mol. The van der Waals surface area contributed by atoms with Crippen LogP contribution in [-0.2, 0) is 20.9 Å². The molecule has 0 aliphatic rings. The van der Waals surface area contributed by atoms with Gasteiger partial charge >= 0.3 is 5.97 Å². The van der Waals surface area contributed by atoms with Gasteiger partial charge in [-0.05, 0) is 29.3 Å². The van der Waals surface area contributed by atoms with Crippen molar-refractivity contribution < 1.29 is 14.3 Å². The topological polar surface area (TPSA) is 55.4 Å². The lowest BCUT2D eigenvalue weighted by atomic mass is 10.2. The molecule has 23 heavy (non-hydrogen) atoms. The first-order valence-electron chi connectivity index (χ1n) is 7.04. The number of carbonyl (C=O) groups excluding carboxylic acids is 2. The minimum Gasteiger partial charge on any atom is -0.452 e. The van der Waals surface area contributed by atoms with Crippen molar-refractivity contribution >= 4 is 33.9 Å². The minimum absolute atomic E-state index is 0.297. The highest BCUT2D eigenvalue weighted by Crippen LogP contribution is 2.12. The summed E-state index contributed by atoms with van der Waals surface area (Å²) in [5, 5.41) is 2.69. The van der Waals surface area contributed by atoms with Crippen molar-refractivity contribution in [1.82, 2.24) is 5.32 Å². The molecule has 2 aromatic rings. The third-order valence-electron chi connectivity index (χ3n) is 2.94. The number of rotatable bonds is 6. The molecule has 0 aliphatic heterocycles. The van der Waals surface area contributed by atoms with Crippen LogP contribution in [0.3, 0.4) is 0 Å². The lowest BCUT2D eigenvalue weighted by Crippen LogP contribution is -2.28. The fourth-order valence-electron chi connectivity index (χ4n) is 1.81. The first-order valence-corrected chi connectivity index (χ1v) is 7.84. The van der Waals surface area contributed by atoms with Crippen molar-refractivity contribution in [2.45, 2.75) is 6.54 Å². The molecule has 0 radical (unpaired) electrons. The standard InChI is InChI=1S/C18H16BrNO3/c19-16-8-4-7-14(11-16)9-10-18(22)23-13-17(21)20-12-15-5-2-1-3-6-15/h1-11H,12-13H2,(H,20,21)/b10-9+. The molecule has 0 fully saturated rings. The SMILES string of the molecule is O=C(COC(=O)/C=C/c1cccc(Br)c1)NCc1ccccc1. The molecule has 2 rings (SSSR count). The van der Waals surface area contributed by atoms with Crippen LogP contribution >= 0.6 is 15.9 Å². The molecule has 118 valence electrons. The van der Waals surface area contributed by atoms with Gasteiger partial charge in [0.15, 0.2) is 6.61 Å². The van der Waals surface area contributed by atoms with E-state index in [0.29, 0.717) is 6.54 Å². The van der Waals surface area contributed by atoms with Crippen molar-refractivity contribution in [2.75, 3.05) is 6.61 Å². The molecule has 0 aliphatic carbocycles. The summed E-state index contributed by atoms with van der Waals surface area (Å²) in [6.07, 6.45) is 2.93. The maximum Gasteiger partial charge on any atom is 0.331 e. The zero-order valence-corrected chi connectivity index (χ0v) is 14.0. The highest BCUT2D eigenvalue weighted by Gasteiger charge is 2.04. The van der Waals surface area contributed by atoms with Crippen molar-refractivity contribution in [1.29, 1.82) is 0 Å². The number of carbonyl (C=O) groups is 2. The second-order valence-corrected chi connectivity index (χ2v) is 5.67. The Balaban J connectivity index is 1.72. The van der Waals surface area contributed by atoms with Crippen LogP contribution < -0.4 is 5.32 Å². The van der Waals surface area contributed by atoms with Crippen LogP contribution in [0.4, 0.5) is 0 Å². The van der Waals surface area contributed by atoms with Gasteiger partial charge in [0.05, 0.1) is 0 Å². The number of nitrogens with one attached hydrogen (secondary N) is 1. The number of benzene rings is 2. The summed E-state index contributed by atoms with van der Waals surface area (Å²) < 4.78 is 5.82. The summed E-state index contributed by atoms with van der Waals surface area (Å²) in [7, 11) is 0. The van der Waals surface area contributed by atoms with Gasteiger partial charge in [-0.1, -0.05) is 58.4 Å². The second kappa shape index (κ2) is 8.90. The van der Waals surface area contributed by atoms with Crippen LogP contribution in [-0.4, -0.2) is 18.5 Å². The number of ether oxygens (including phenoxy) is 1. The largest absolute Gasteiger partial charge is 0.452 e. The third kappa shape index (κ3) is 6.48. The van der Waals surface area contributed by atoms with Crippen molar-refractivity contribution in [3.05, 3.63) is 76.3 Å². The fourth-order valence-corrected chi connectivity index (χ4v) is 2.22. The van der Waals surface area contributed by atoms with E-state index in [1.807, 2.05) is 54.6 Å². The van der Waals surface area contributed by atoms with E-state index in [1.165, 1.54) is 6.08 Å². The summed E-state index contributed by atoms with van der Waals surface area (Å²) in [5.74, 6) is -0.891. The van der Waals surface area contributed by atoms with E-state index >= 15 is 0 Å². The predicted molar refractivity (Wildman–Crippen MR) is 92.4 cm³/mol. The molecule has 0 unspecified atom stereocenters. The highest BCUT2D eigenvalue weighted by molar-refractivity contribution is 9.10. The zero-order chi connectivity index (χ0) is 16.5. The molecule has 4 nitrogen and oxygen atoms in total. The average molecular weight is 374 g/mol. The Hall–Kier alpha value is -2.40. The minimum atomic E-state index is -0.556. The molecule has 5 heteroatoms. The smallest absolute Gasteiger partial charge is 0.331 e. The quantitative estimate of drug-likeness (QED) is 0.624. The average Bonchev–Trinajstić information content (AvgIpc) is 2.57. The highest BCUT2D eigenvalue weighted by atomic mass is 79.9. The van der Waals surface area contributed by atoms with Gasteiger partial charge in [-0.25, -0.2) is 4.79 Å². The van der Waals surface area contributed by atoms with E-state index in [9.17, 15) is 9.59 Å². The molecule has 0 bridgehead atoms. The van der Waals surface area contributed by atoms with E-state index in [4.69, 9.17) is 4.74 Å². The van der Waals surface area contributed by atoms with Crippen LogP contribution in [0.15, 0.2) is 65.1 Å². The second-order valence-electron chi connectivity index (χ2n) is 4.76. The van der Waals surface area contributed by atoms with Gasteiger partial charge in [0.1, 0.15) is 0 Å². The predicted octanol–water partition coefficient (Wildman–Crippen LogP) is 3.32. The summed E-state index contributed by atoms with van der Waals surface area (Å²) >= 11 is 3.35. The Morgan fingerprint density at radius 2 is 1.87 bits per heavy atom. The first kappa shape index (κ1) is 17.0. The van der Waals surface area contributed by atoms with Gasteiger partial charge in [-0.15, -0.1) is 0 Å². The Kier molecular flexibility index (Phi) is 6.56. The number of amides is 1. The van der Waals surface area contributed by atoms with Crippen molar-refractivity contribution in [3.63, 3.8) is 0 Å². The molecule has 1 N–H and O–H groups in total. The molecule has 0 saturated heterocycles. The fraction of sp³-hybridized carbons (Fsp3) is 0.111. The van der Waals surface area contributed by atoms with Crippen LogP contribution in [0.1, 0.15) is 11.1 Å². The van der Waals surface area contributed by atoms with Gasteiger partial charge in [0.25, 0.3) is 5.91 Å². The van der Waals surface area contributed by atoms with E-state index < -0.39 is 5.97 Å². The van der Waals surface area contributed by atoms with Crippen LogP contribution in [0.25, 0.3) is 6.08 Å². The van der Waals surface area contributed by atoms with E-state index in [-0.39, 0.29) is 12.5 Å². The van der Waals surface area contributed by atoms with Crippen LogP contribution in [0.5, 0.6) is 0 Å². The molecule has 0 spiro atoms. The van der Waals surface area contributed by atoms with Gasteiger partial charge in [-0.3, -0.25) is 4.79 Å². The summed E-state index contributed by atoms with van der Waals surface area (Å²) in [6, 6.07) is 17.0. The Morgan fingerprint density at radius 3 is 2.61 bits per heavy atom. The van der Waals surface area contributed by atoms with Crippen molar-refractivity contribution in [3.8, 4) is 0 Å². The first-order chi connectivity index (χ1) is 11.1. The van der Waals surface area contributed by atoms with E-state index in [1.54, 1.807) is 6.08 Å². The van der Waals surface area contributed by atoms with Gasteiger partial charge in [-0.2, -0.15) is 0 Å². The molecule has 1 amide bonds. The van der Waals surface area contributed by atoms with Crippen LogP contribution in [0, 0.1) is 0 Å². The van der Waals surface area contributed by atoms with E-state index in [2.05, 4.69) is 21.2 Å². The molecule has 0 aromatic heterocycles. The number of halogens is 1. The molecule has 0 saturated carbocycles. The Labute approximate surface area is 143 Å².